The fraction of sp³-hybridized carbons (Fsp3) is 0.231. The maximum atomic E-state index is 11.5. The highest BCUT2D eigenvalue weighted by molar-refractivity contribution is 5.97. The van der Waals surface area contributed by atoms with E-state index in [4.69, 9.17) is 5.26 Å². The summed E-state index contributed by atoms with van der Waals surface area (Å²) in [5.41, 5.74) is 1.56. The van der Waals surface area contributed by atoms with Gasteiger partial charge in [0, 0.05) is 12.1 Å². The fourth-order valence-electron chi connectivity index (χ4n) is 1.30. The molecule has 16 heavy (non-hydrogen) atoms. The second-order valence-corrected chi connectivity index (χ2v) is 3.34. The van der Waals surface area contributed by atoms with Crippen LogP contribution in [-0.2, 0) is 0 Å². The zero-order valence-corrected chi connectivity index (χ0v) is 9.23. The lowest BCUT2D eigenvalue weighted by atomic mass is 10.1. The fourth-order valence-corrected chi connectivity index (χ4v) is 1.30. The number of benzene rings is 1. The second kappa shape index (κ2) is 6.54. The van der Waals surface area contributed by atoms with Crippen molar-refractivity contribution >= 4 is 11.9 Å². The van der Waals surface area contributed by atoms with Gasteiger partial charge in [-0.05, 0) is 18.7 Å². The van der Waals surface area contributed by atoms with Crippen LogP contribution in [0.2, 0.25) is 0 Å². The molecule has 3 heteroatoms. The molecule has 0 aliphatic rings. The molecule has 0 radical (unpaired) electrons. The van der Waals surface area contributed by atoms with Gasteiger partial charge in [0.25, 0.3) is 0 Å². The smallest absolute Gasteiger partial charge is 0.176 e. The molecular weight excluding hydrogens is 200 g/mol. The van der Waals surface area contributed by atoms with E-state index < -0.39 is 0 Å². The molecular formula is C13H14N2O. The predicted molar refractivity (Wildman–Crippen MR) is 64.0 cm³/mol. The van der Waals surface area contributed by atoms with Crippen molar-refractivity contribution in [1.82, 2.24) is 5.32 Å². The number of hydrogen-bond donors (Lipinski definition) is 1. The maximum Gasteiger partial charge on any atom is 0.176 e. The molecule has 0 aliphatic carbocycles. The number of carbonyl (C=O) groups is 1. The van der Waals surface area contributed by atoms with Gasteiger partial charge in [-0.15, -0.1) is 0 Å². The van der Waals surface area contributed by atoms with Crippen molar-refractivity contribution in [3.05, 3.63) is 41.5 Å². The molecule has 82 valence electrons. The minimum absolute atomic E-state index is 0.0658. The van der Waals surface area contributed by atoms with Crippen LogP contribution in [-0.4, -0.2) is 19.4 Å². The van der Waals surface area contributed by atoms with Gasteiger partial charge in [-0.1, -0.05) is 30.4 Å². The molecule has 0 saturated carbocycles. The number of carbonyl (C=O) groups excluding carboxylic acids is 1. The van der Waals surface area contributed by atoms with Gasteiger partial charge in [-0.3, -0.25) is 4.79 Å². The van der Waals surface area contributed by atoms with Gasteiger partial charge in [0.15, 0.2) is 5.78 Å². The van der Waals surface area contributed by atoms with Crippen LogP contribution in [0.5, 0.6) is 0 Å². The molecule has 0 bridgehead atoms. The molecule has 0 saturated heterocycles. The van der Waals surface area contributed by atoms with Gasteiger partial charge in [0.1, 0.15) is 0 Å². The Morgan fingerprint density at radius 3 is 3.06 bits per heavy atom. The number of nitrogens with one attached hydrogen (secondary N) is 1. The minimum atomic E-state index is -0.133. The number of Topliss-reactive ketones (excluding diaryl/α,β-unsaturated/α-hetero) is 1. The van der Waals surface area contributed by atoms with Gasteiger partial charge in [0.2, 0.25) is 0 Å². The summed E-state index contributed by atoms with van der Waals surface area (Å²) in [6, 6.07) is 9.14. The van der Waals surface area contributed by atoms with Crippen LogP contribution in [0.25, 0.3) is 6.08 Å². The van der Waals surface area contributed by atoms with Crippen molar-refractivity contribution < 1.29 is 4.79 Å². The molecule has 0 fully saturated rings. The van der Waals surface area contributed by atoms with Crippen LogP contribution in [0, 0.1) is 11.3 Å². The Labute approximate surface area is 95.4 Å². The normalized spacial score (nSPS) is 10.2. The van der Waals surface area contributed by atoms with E-state index in [1.54, 1.807) is 12.1 Å². The lowest BCUT2D eigenvalue weighted by molar-refractivity contribution is 0.0997. The second-order valence-electron chi connectivity index (χ2n) is 3.34. The van der Waals surface area contributed by atoms with Crippen molar-refractivity contribution in [2.24, 2.45) is 0 Å². The van der Waals surface area contributed by atoms with Crippen LogP contribution in [0.1, 0.15) is 22.3 Å². The first-order chi connectivity index (χ1) is 7.77. The molecule has 0 heterocycles. The molecule has 0 atom stereocenters. The first-order valence-electron chi connectivity index (χ1n) is 5.09. The van der Waals surface area contributed by atoms with E-state index in [9.17, 15) is 4.79 Å². The van der Waals surface area contributed by atoms with Gasteiger partial charge >= 0.3 is 0 Å². The maximum absolute atomic E-state index is 11.5. The summed E-state index contributed by atoms with van der Waals surface area (Å²) in [5, 5.41) is 11.4. The predicted octanol–water partition coefficient (Wildman–Crippen LogP) is 2.02. The Morgan fingerprint density at radius 2 is 2.38 bits per heavy atom. The van der Waals surface area contributed by atoms with Crippen molar-refractivity contribution in [3.63, 3.8) is 0 Å². The molecule has 0 amide bonds. The topological polar surface area (TPSA) is 52.9 Å². The summed E-state index contributed by atoms with van der Waals surface area (Å²) < 4.78 is 0. The van der Waals surface area contributed by atoms with E-state index in [1.807, 2.05) is 37.4 Å². The standard InChI is InChI=1S/C13H14N2O/c1-15-9-3-5-11-4-2-6-12(10-11)13(16)7-8-14/h2-6,10,15H,7,9H2,1H3. The lowest BCUT2D eigenvalue weighted by Gasteiger charge is -1.98. The molecule has 0 spiro atoms. The first-order valence-corrected chi connectivity index (χ1v) is 5.09. The van der Waals surface area contributed by atoms with Crippen LogP contribution in [0.3, 0.4) is 0 Å². The molecule has 1 rings (SSSR count). The van der Waals surface area contributed by atoms with Crippen LogP contribution >= 0.6 is 0 Å². The summed E-state index contributed by atoms with van der Waals surface area (Å²) in [4.78, 5) is 11.5. The Hall–Kier alpha value is -1.92. The summed E-state index contributed by atoms with van der Waals surface area (Å²) in [6.07, 6.45) is 3.86. The van der Waals surface area contributed by atoms with Crippen molar-refractivity contribution in [2.75, 3.05) is 13.6 Å². The van der Waals surface area contributed by atoms with Crippen molar-refractivity contribution in [1.29, 1.82) is 5.26 Å². The van der Waals surface area contributed by atoms with E-state index >= 15 is 0 Å². The van der Waals surface area contributed by atoms with Crippen LogP contribution in [0.4, 0.5) is 0 Å². The molecule has 1 aromatic rings. The van der Waals surface area contributed by atoms with E-state index in [-0.39, 0.29) is 12.2 Å². The highest BCUT2D eigenvalue weighted by Crippen LogP contribution is 2.09. The third-order valence-electron chi connectivity index (χ3n) is 2.08. The average molecular weight is 214 g/mol. The quantitative estimate of drug-likeness (QED) is 0.763. The van der Waals surface area contributed by atoms with Crippen molar-refractivity contribution in [3.8, 4) is 6.07 Å². The molecule has 3 nitrogen and oxygen atoms in total. The summed E-state index contributed by atoms with van der Waals surface area (Å²) in [5.74, 6) is -0.133. The van der Waals surface area contributed by atoms with E-state index in [0.717, 1.165) is 12.1 Å². The number of nitriles is 1. The SMILES string of the molecule is CNCC=Cc1cccc(C(=O)CC#N)c1. The molecule has 0 unspecified atom stereocenters. The number of hydrogen-bond acceptors (Lipinski definition) is 3. The van der Waals surface area contributed by atoms with Gasteiger partial charge in [0.05, 0.1) is 12.5 Å². The highest BCUT2D eigenvalue weighted by Gasteiger charge is 2.04. The number of rotatable bonds is 5. The van der Waals surface area contributed by atoms with Crippen LogP contribution < -0.4 is 5.32 Å². The first kappa shape index (κ1) is 12.2. The highest BCUT2D eigenvalue weighted by atomic mass is 16.1. The summed E-state index contributed by atoms with van der Waals surface area (Å²) >= 11 is 0. The third-order valence-corrected chi connectivity index (χ3v) is 2.08. The van der Waals surface area contributed by atoms with Crippen LogP contribution in [0.15, 0.2) is 30.3 Å². The molecule has 0 aliphatic heterocycles. The zero-order valence-electron chi connectivity index (χ0n) is 9.23. The third kappa shape index (κ3) is 3.68. The number of likely N-dealkylation sites (N-methyl/N-ethyl adjacent to an activating group) is 1. The zero-order chi connectivity index (χ0) is 11.8. The Kier molecular flexibility index (Phi) is 4.97. The Bertz CT molecular complexity index is 430. The Morgan fingerprint density at radius 1 is 1.56 bits per heavy atom. The van der Waals surface area contributed by atoms with E-state index in [0.29, 0.717) is 5.56 Å². The van der Waals surface area contributed by atoms with E-state index in [2.05, 4.69) is 5.32 Å². The average Bonchev–Trinajstić information content (AvgIpc) is 2.30. The monoisotopic (exact) mass is 214 g/mol. The minimum Gasteiger partial charge on any atom is -0.316 e. The van der Waals surface area contributed by atoms with Crippen molar-refractivity contribution in [2.45, 2.75) is 6.42 Å². The lowest BCUT2D eigenvalue weighted by Crippen LogP contribution is -2.03. The van der Waals surface area contributed by atoms with Gasteiger partial charge in [-0.25, -0.2) is 0 Å². The summed E-state index contributed by atoms with van der Waals surface area (Å²) in [6.45, 7) is 0.788. The number of nitrogens with zero attached hydrogens (tertiary/aromatic N) is 1. The van der Waals surface area contributed by atoms with Gasteiger partial charge < -0.3 is 5.32 Å². The van der Waals surface area contributed by atoms with Gasteiger partial charge in [-0.2, -0.15) is 5.26 Å². The molecule has 1 aromatic carbocycles. The molecule has 0 aromatic heterocycles. The number of ketones is 1. The largest absolute Gasteiger partial charge is 0.316 e. The summed E-state index contributed by atoms with van der Waals surface area (Å²) in [7, 11) is 1.87. The van der Waals surface area contributed by atoms with E-state index in [1.165, 1.54) is 0 Å². The molecule has 1 N–H and O–H groups in total. The Balaban J connectivity index is 2.79.